The quantitative estimate of drug-likeness (QED) is 0.739. The first kappa shape index (κ1) is 22.5. The van der Waals surface area contributed by atoms with Crippen molar-refractivity contribution < 1.29 is 22.7 Å². The Bertz CT molecular complexity index is 1010. The zero-order valence-electron chi connectivity index (χ0n) is 17.9. The Balaban J connectivity index is 2.62. The van der Waals surface area contributed by atoms with Crippen molar-refractivity contribution in [1.29, 1.82) is 0 Å². The lowest BCUT2D eigenvalue weighted by molar-refractivity contribution is 0.102. The molecule has 0 saturated heterocycles. The summed E-state index contributed by atoms with van der Waals surface area (Å²) in [5.41, 5.74) is 4.02. The van der Waals surface area contributed by atoms with Gasteiger partial charge in [0.25, 0.3) is 5.91 Å². The molecule has 0 aliphatic heterocycles. The van der Waals surface area contributed by atoms with Crippen LogP contribution in [0.15, 0.2) is 24.3 Å². The fraction of sp³-hybridized carbons (Fsp3) is 0.381. The van der Waals surface area contributed by atoms with Crippen molar-refractivity contribution >= 4 is 27.3 Å². The fourth-order valence-corrected chi connectivity index (χ4v) is 4.05. The van der Waals surface area contributed by atoms with Crippen LogP contribution in [0.2, 0.25) is 0 Å². The second-order valence-corrected chi connectivity index (χ2v) is 9.11. The smallest absolute Gasteiger partial charge is 0.257 e. The van der Waals surface area contributed by atoms with Gasteiger partial charge in [0.15, 0.2) is 11.5 Å². The number of anilines is 2. The van der Waals surface area contributed by atoms with Crippen LogP contribution >= 0.6 is 0 Å². The van der Waals surface area contributed by atoms with Crippen molar-refractivity contribution in [2.45, 2.75) is 27.7 Å². The van der Waals surface area contributed by atoms with Gasteiger partial charge in [-0.2, -0.15) is 0 Å². The van der Waals surface area contributed by atoms with E-state index in [9.17, 15) is 13.2 Å². The summed E-state index contributed by atoms with van der Waals surface area (Å²) in [5.74, 6) is 0.129. The molecule has 0 spiro atoms. The number of hydrogen-bond acceptors (Lipinski definition) is 5. The number of ether oxygens (including phenoxy) is 2. The highest BCUT2D eigenvalue weighted by Crippen LogP contribution is 2.36. The molecule has 0 aliphatic rings. The first-order valence-corrected chi connectivity index (χ1v) is 10.8. The lowest BCUT2D eigenvalue weighted by Gasteiger charge is -2.23. The van der Waals surface area contributed by atoms with Gasteiger partial charge in [0.1, 0.15) is 0 Å². The number of benzene rings is 2. The SMILES string of the molecule is CCS(=O)(=O)N(C)c1cc(OC)c(OC)cc1C(=O)Nc1c(C)cc(C)cc1C. The molecule has 158 valence electrons. The van der Waals surface area contributed by atoms with Gasteiger partial charge in [-0.25, -0.2) is 8.42 Å². The molecule has 1 amide bonds. The molecule has 29 heavy (non-hydrogen) atoms. The van der Waals surface area contributed by atoms with Crippen LogP contribution in [0.4, 0.5) is 11.4 Å². The molecule has 0 saturated carbocycles. The third-order valence-electron chi connectivity index (χ3n) is 4.78. The number of aryl methyl sites for hydroxylation is 3. The maximum absolute atomic E-state index is 13.2. The molecule has 0 heterocycles. The lowest BCUT2D eigenvalue weighted by atomic mass is 10.0. The molecule has 8 heteroatoms. The van der Waals surface area contributed by atoms with E-state index in [4.69, 9.17) is 9.47 Å². The van der Waals surface area contributed by atoms with E-state index in [0.717, 1.165) is 21.0 Å². The van der Waals surface area contributed by atoms with E-state index in [1.54, 1.807) is 6.92 Å². The van der Waals surface area contributed by atoms with Gasteiger partial charge in [0.2, 0.25) is 10.0 Å². The third kappa shape index (κ3) is 4.64. The molecular weight excluding hydrogens is 392 g/mol. The summed E-state index contributed by atoms with van der Waals surface area (Å²) < 4.78 is 36.6. The number of sulfonamides is 1. The Morgan fingerprint density at radius 2 is 1.52 bits per heavy atom. The molecule has 2 aromatic rings. The first-order chi connectivity index (χ1) is 13.5. The lowest BCUT2D eigenvalue weighted by Crippen LogP contribution is -2.30. The Morgan fingerprint density at radius 1 is 1.00 bits per heavy atom. The number of hydrogen-bond donors (Lipinski definition) is 1. The van der Waals surface area contributed by atoms with Crippen LogP contribution in [0.1, 0.15) is 34.0 Å². The maximum Gasteiger partial charge on any atom is 0.257 e. The van der Waals surface area contributed by atoms with Crippen molar-refractivity contribution in [2.75, 3.05) is 36.6 Å². The first-order valence-electron chi connectivity index (χ1n) is 9.17. The second kappa shape index (κ2) is 8.73. The molecule has 0 bridgehead atoms. The van der Waals surface area contributed by atoms with E-state index in [1.165, 1.54) is 33.4 Å². The summed E-state index contributed by atoms with van der Waals surface area (Å²) in [6.07, 6.45) is 0. The second-order valence-electron chi connectivity index (χ2n) is 6.82. The summed E-state index contributed by atoms with van der Waals surface area (Å²) in [5, 5.41) is 2.92. The van der Waals surface area contributed by atoms with Crippen molar-refractivity contribution in [2.24, 2.45) is 0 Å². The molecule has 0 radical (unpaired) electrons. The minimum atomic E-state index is -3.59. The van der Waals surface area contributed by atoms with Crippen molar-refractivity contribution in [3.8, 4) is 11.5 Å². The van der Waals surface area contributed by atoms with Crippen molar-refractivity contribution in [1.82, 2.24) is 0 Å². The average molecular weight is 421 g/mol. The molecule has 0 atom stereocenters. The van der Waals surface area contributed by atoms with Crippen LogP contribution in [-0.4, -0.2) is 41.3 Å². The number of amides is 1. The van der Waals surface area contributed by atoms with Crippen LogP contribution in [0.25, 0.3) is 0 Å². The fourth-order valence-electron chi connectivity index (χ4n) is 3.21. The normalized spacial score (nSPS) is 11.1. The Labute approximate surface area is 172 Å². The van der Waals surface area contributed by atoms with Gasteiger partial charge in [0.05, 0.1) is 31.2 Å². The standard InChI is InChI=1S/C21H28N2O5S/c1-8-29(25,26)23(5)17-12-19(28-7)18(27-6)11-16(17)21(24)22-20-14(3)9-13(2)10-15(20)4/h9-12H,8H2,1-7H3,(H,22,24). The summed E-state index contributed by atoms with van der Waals surface area (Å²) in [6, 6.07) is 6.94. The minimum Gasteiger partial charge on any atom is -0.493 e. The summed E-state index contributed by atoms with van der Waals surface area (Å²) in [4.78, 5) is 13.2. The average Bonchev–Trinajstić information content (AvgIpc) is 2.68. The monoisotopic (exact) mass is 420 g/mol. The van der Waals surface area contributed by atoms with E-state index in [-0.39, 0.29) is 17.0 Å². The number of nitrogens with one attached hydrogen (secondary N) is 1. The van der Waals surface area contributed by atoms with E-state index in [0.29, 0.717) is 17.2 Å². The predicted molar refractivity (Wildman–Crippen MR) is 116 cm³/mol. The van der Waals surface area contributed by atoms with Crippen LogP contribution in [-0.2, 0) is 10.0 Å². The number of carbonyl (C=O) groups excluding carboxylic acids is 1. The largest absolute Gasteiger partial charge is 0.493 e. The molecular formula is C21H28N2O5S. The zero-order valence-corrected chi connectivity index (χ0v) is 18.7. The number of rotatable bonds is 7. The van der Waals surface area contributed by atoms with E-state index >= 15 is 0 Å². The summed E-state index contributed by atoms with van der Waals surface area (Å²) in [7, 11) is 0.738. The maximum atomic E-state index is 13.2. The van der Waals surface area contributed by atoms with Crippen LogP contribution in [0.3, 0.4) is 0 Å². The van der Waals surface area contributed by atoms with E-state index < -0.39 is 15.9 Å². The van der Waals surface area contributed by atoms with Gasteiger partial charge in [0, 0.05) is 18.8 Å². The minimum absolute atomic E-state index is 0.102. The van der Waals surface area contributed by atoms with Crippen LogP contribution in [0, 0.1) is 20.8 Å². The molecule has 0 aromatic heterocycles. The van der Waals surface area contributed by atoms with Crippen molar-refractivity contribution in [3.05, 3.63) is 46.5 Å². The number of carbonyl (C=O) groups is 1. The Hall–Kier alpha value is -2.74. The number of nitrogens with zero attached hydrogens (tertiary/aromatic N) is 1. The van der Waals surface area contributed by atoms with Crippen LogP contribution in [0.5, 0.6) is 11.5 Å². The van der Waals surface area contributed by atoms with Gasteiger partial charge in [-0.1, -0.05) is 17.7 Å². The molecule has 0 fully saturated rings. The molecule has 0 aliphatic carbocycles. The van der Waals surface area contributed by atoms with Gasteiger partial charge in [-0.15, -0.1) is 0 Å². The summed E-state index contributed by atoms with van der Waals surface area (Å²) >= 11 is 0. The predicted octanol–water partition coefficient (Wildman–Crippen LogP) is 3.67. The highest BCUT2D eigenvalue weighted by Gasteiger charge is 2.25. The highest BCUT2D eigenvalue weighted by molar-refractivity contribution is 7.92. The van der Waals surface area contributed by atoms with Crippen LogP contribution < -0.4 is 19.1 Å². The van der Waals surface area contributed by atoms with E-state index in [2.05, 4.69) is 5.32 Å². The topological polar surface area (TPSA) is 84.9 Å². The molecule has 0 unspecified atom stereocenters. The molecule has 2 aromatic carbocycles. The van der Waals surface area contributed by atoms with Gasteiger partial charge < -0.3 is 14.8 Å². The van der Waals surface area contributed by atoms with Gasteiger partial charge >= 0.3 is 0 Å². The Morgan fingerprint density at radius 3 is 2.00 bits per heavy atom. The highest BCUT2D eigenvalue weighted by atomic mass is 32.2. The summed E-state index contributed by atoms with van der Waals surface area (Å²) in [6.45, 7) is 7.37. The van der Waals surface area contributed by atoms with Crippen molar-refractivity contribution in [3.63, 3.8) is 0 Å². The molecule has 1 N–H and O–H groups in total. The molecule has 2 rings (SSSR count). The third-order valence-corrected chi connectivity index (χ3v) is 6.54. The zero-order chi connectivity index (χ0) is 21.9. The molecule has 7 nitrogen and oxygen atoms in total. The van der Waals surface area contributed by atoms with E-state index in [1.807, 2.05) is 32.9 Å². The number of methoxy groups -OCH3 is 2. The Kier molecular flexibility index (Phi) is 6.79. The van der Waals surface area contributed by atoms with Gasteiger partial charge in [-0.3, -0.25) is 9.10 Å². The van der Waals surface area contributed by atoms with Gasteiger partial charge in [-0.05, 0) is 44.9 Å².